The molecule has 1 heterocycles. The summed E-state index contributed by atoms with van der Waals surface area (Å²) in [5.74, 6) is -0.975. The number of carbonyl (C=O) groups excluding carboxylic acids is 2. The van der Waals surface area contributed by atoms with Gasteiger partial charge in [-0.2, -0.15) is 0 Å². The van der Waals surface area contributed by atoms with Crippen LogP contribution in [0.3, 0.4) is 0 Å². The van der Waals surface area contributed by atoms with Gasteiger partial charge >= 0.3 is 5.97 Å². The van der Waals surface area contributed by atoms with Crippen LogP contribution < -0.4 is 5.32 Å². The van der Waals surface area contributed by atoms with E-state index in [2.05, 4.69) is 5.32 Å². The monoisotopic (exact) mass is 371 g/mol. The summed E-state index contributed by atoms with van der Waals surface area (Å²) in [6.45, 7) is 3.19. The number of hydrogen-bond acceptors (Lipinski definition) is 4. The molecule has 3 rings (SSSR count). The van der Waals surface area contributed by atoms with Crippen molar-refractivity contribution in [3.8, 4) is 0 Å². The average molecular weight is 372 g/mol. The number of furan rings is 1. The standard InChI is InChI=1S/C20H18ClNO4/c1-12-14-7-4-6-10-17(14)26-19(12)20(24)25-11-18(23)22-13(2)15-8-3-5-9-16(15)21/h3-10,13H,11H2,1-2H3,(H,22,23)/t13-/m1/s1. The Kier molecular flexibility index (Phi) is 5.28. The minimum Gasteiger partial charge on any atom is -0.450 e. The summed E-state index contributed by atoms with van der Waals surface area (Å²) >= 11 is 6.12. The normalized spacial score (nSPS) is 12.0. The smallest absolute Gasteiger partial charge is 0.375 e. The van der Waals surface area contributed by atoms with E-state index < -0.39 is 18.5 Å². The molecule has 1 atom stereocenters. The first-order chi connectivity index (χ1) is 12.5. The minimum atomic E-state index is -0.667. The second-order valence-corrected chi connectivity index (χ2v) is 6.35. The van der Waals surface area contributed by atoms with Crippen molar-refractivity contribution in [3.05, 3.63) is 70.4 Å². The van der Waals surface area contributed by atoms with Crippen molar-refractivity contribution in [2.45, 2.75) is 19.9 Å². The van der Waals surface area contributed by atoms with Crippen molar-refractivity contribution in [2.24, 2.45) is 0 Å². The van der Waals surface area contributed by atoms with Gasteiger partial charge in [0.15, 0.2) is 6.61 Å². The van der Waals surface area contributed by atoms with E-state index in [1.807, 2.05) is 43.3 Å². The van der Waals surface area contributed by atoms with Crippen molar-refractivity contribution < 1.29 is 18.7 Å². The van der Waals surface area contributed by atoms with Crippen LogP contribution in [0.5, 0.6) is 0 Å². The molecule has 0 fully saturated rings. The number of ether oxygens (including phenoxy) is 1. The van der Waals surface area contributed by atoms with Crippen LogP contribution in [0.25, 0.3) is 11.0 Å². The summed E-state index contributed by atoms with van der Waals surface area (Å²) in [4.78, 5) is 24.3. The third kappa shape index (κ3) is 3.73. The van der Waals surface area contributed by atoms with Crippen LogP contribution in [0.4, 0.5) is 0 Å². The zero-order valence-corrected chi connectivity index (χ0v) is 15.2. The molecular weight excluding hydrogens is 354 g/mol. The molecule has 0 unspecified atom stereocenters. The molecule has 0 aliphatic heterocycles. The second kappa shape index (κ2) is 7.62. The summed E-state index contributed by atoms with van der Waals surface area (Å²) in [6, 6.07) is 14.3. The number of carbonyl (C=O) groups is 2. The molecule has 1 aromatic heterocycles. The Balaban J connectivity index is 1.61. The molecule has 3 aromatic rings. The fraction of sp³-hybridized carbons (Fsp3) is 0.200. The Hall–Kier alpha value is -2.79. The topological polar surface area (TPSA) is 68.5 Å². The van der Waals surface area contributed by atoms with E-state index in [1.54, 1.807) is 19.1 Å². The van der Waals surface area contributed by atoms with Gasteiger partial charge in [0.1, 0.15) is 5.58 Å². The van der Waals surface area contributed by atoms with Gasteiger partial charge in [-0.25, -0.2) is 4.79 Å². The fourth-order valence-electron chi connectivity index (χ4n) is 2.75. The van der Waals surface area contributed by atoms with Gasteiger partial charge in [0, 0.05) is 16.0 Å². The lowest BCUT2D eigenvalue weighted by atomic mass is 10.1. The Morgan fingerprint density at radius 2 is 1.85 bits per heavy atom. The van der Waals surface area contributed by atoms with Crippen LogP contribution in [-0.4, -0.2) is 18.5 Å². The first kappa shape index (κ1) is 18.0. The summed E-state index contributed by atoms with van der Waals surface area (Å²) < 4.78 is 10.6. The lowest BCUT2D eigenvalue weighted by molar-refractivity contribution is -0.124. The van der Waals surface area contributed by atoms with Crippen molar-refractivity contribution >= 4 is 34.4 Å². The number of hydrogen-bond donors (Lipinski definition) is 1. The number of aryl methyl sites for hydroxylation is 1. The Morgan fingerprint density at radius 3 is 2.58 bits per heavy atom. The Labute approximate surface area is 155 Å². The van der Waals surface area contributed by atoms with Crippen LogP contribution in [0.1, 0.15) is 34.6 Å². The first-order valence-electron chi connectivity index (χ1n) is 8.16. The van der Waals surface area contributed by atoms with E-state index in [0.29, 0.717) is 16.2 Å². The maximum atomic E-state index is 12.2. The number of nitrogens with one attached hydrogen (secondary N) is 1. The van der Waals surface area contributed by atoms with Gasteiger partial charge in [0.2, 0.25) is 5.76 Å². The second-order valence-electron chi connectivity index (χ2n) is 5.94. The highest BCUT2D eigenvalue weighted by molar-refractivity contribution is 6.31. The Bertz CT molecular complexity index is 963. The quantitative estimate of drug-likeness (QED) is 0.674. The van der Waals surface area contributed by atoms with Crippen molar-refractivity contribution in [3.63, 3.8) is 0 Å². The summed E-state index contributed by atoms with van der Waals surface area (Å²) in [6.07, 6.45) is 0. The van der Waals surface area contributed by atoms with Crippen molar-refractivity contribution in [1.29, 1.82) is 0 Å². The number of benzene rings is 2. The number of fused-ring (bicyclic) bond motifs is 1. The number of para-hydroxylation sites is 1. The molecule has 6 heteroatoms. The highest BCUT2D eigenvalue weighted by Gasteiger charge is 2.20. The van der Waals surface area contributed by atoms with Gasteiger partial charge in [0.25, 0.3) is 5.91 Å². The van der Waals surface area contributed by atoms with Crippen LogP contribution in [0.15, 0.2) is 52.9 Å². The number of amides is 1. The molecule has 0 spiro atoms. The largest absolute Gasteiger partial charge is 0.450 e. The molecule has 26 heavy (non-hydrogen) atoms. The lowest BCUT2D eigenvalue weighted by Gasteiger charge is -2.15. The van der Waals surface area contributed by atoms with E-state index in [4.69, 9.17) is 20.8 Å². The van der Waals surface area contributed by atoms with E-state index in [1.165, 1.54) is 0 Å². The van der Waals surface area contributed by atoms with E-state index in [-0.39, 0.29) is 11.8 Å². The van der Waals surface area contributed by atoms with Crippen molar-refractivity contribution in [2.75, 3.05) is 6.61 Å². The van der Waals surface area contributed by atoms with Crippen LogP contribution in [0.2, 0.25) is 5.02 Å². The molecule has 134 valence electrons. The van der Waals surface area contributed by atoms with Crippen LogP contribution in [0, 0.1) is 6.92 Å². The maximum Gasteiger partial charge on any atom is 0.375 e. The van der Waals surface area contributed by atoms with Gasteiger partial charge in [0.05, 0.1) is 6.04 Å². The zero-order valence-electron chi connectivity index (χ0n) is 14.4. The summed E-state index contributed by atoms with van der Waals surface area (Å²) in [5, 5.41) is 4.16. The predicted molar refractivity (Wildman–Crippen MR) is 99.2 cm³/mol. The van der Waals surface area contributed by atoms with Crippen LogP contribution in [-0.2, 0) is 9.53 Å². The van der Waals surface area contributed by atoms with Gasteiger partial charge in [-0.05, 0) is 31.5 Å². The molecule has 2 aromatic carbocycles. The van der Waals surface area contributed by atoms with Gasteiger partial charge in [-0.3, -0.25) is 4.79 Å². The van der Waals surface area contributed by atoms with Gasteiger partial charge in [-0.1, -0.05) is 48.0 Å². The third-order valence-electron chi connectivity index (χ3n) is 4.11. The molecule has 1 N–H and O–H groups in total. The van der Waals surface area contributed by atoms with Crippen molar-refractivity contribution in [1.82, 2.24) is 5.32 Å². The molecule has 0 aliphatic carbocycles. The molecular formula is C20H18ClNO4. The number of esters is 1. The molecule has 0 bridgehead atoms. The fourth-order valence-corrected chi connectivity index (χ4v) is 3.05. The van der Waals surface area contributed by atoms with Gasteiger partial charge in [-0.15, -0.1) is 0 Å². The number of halogens is 1. The highest BCUT2D eigenvalue weighted by atomic mass is 35.5. The van der Waals surface area contributed by atoms with E-state index >= 15 is 0 Å². The van der Waals surface area contributed by atoms with E-state index in [0.717, 1.165) is 10.9 Å². The average Bonchev–Trinajstić information content (AvgIpc) is 2.97. The molecule has 0 aliphatic rings. The zero-order chi connectivity index (χ0) is 18.7. The van der Waals surface area contributed by atoms with E-state index in [9.17, 15) is 9.59 Å². The predicted octanol–water partition coefficient (Wildman–Crippen LogP) is 4.43. The SMILES string of the molecule is Cc1c(C(=O)OCC(=O)N[C@H](C)c2ccccc2Cl)oc2ccccc12. The number of rotatable bonds is 5. The third-order valence-corrected chi connectivity index (χ3v) is 4.46. The summed E-state index contributed by atoms with van der Waals surface area (Å²) in [7, 11) is 0. The van der Waals surface area contributed by atoms with Crippen LogP contribution >= 0.6 is 11.6 Å². The minimum absolute atomic E-state index is 0.109. The highest BCUT2D eigenvalue weighted by Crippen LogP contribution is 2.25. The Morgan fingerprint density at radius 1 is 1.15 bits per heavy atom. The maximum absolute atomic E-state index is 12.2. The lowest BCUT2D eigenvalue weighted by Crippen LogP contribution is -2.31. The molecule has 1 amide bonds. The molecule has 0 radical (unpaired) electrons. The molecule has 0 saturated heterocycles. The molecule has 0 saturated carbocycles. The summed E-state index contributed by atoms with van der Waals surface area (Å²) in [5.41, 5.74) is 2.09. The van der Waals surface area contributed by atoms with Gasteiger partial charge < -0.3 is 14.5 Å². The first-order valence-corrected chi connectivity index (χ1v) is 8.54. The molecule has 5 nitrogen and oxygen atoms in total.